The Morgan fingerprint density at radius 3 is 2.43 bits per heavy atom. The lowest BCUT2D eigenvalue weighted by molar-refractivity contribution is -0.147. The highest BCUT2D eigenvalue weighted by Gasteiger charge is 2.22. The van der Waals surface area contributed by atoms with E-state index in [0.29, 0.717) is 4.88 Å². The van der Waals surface area contributed by atoms with Crippen LogP contribution < -0.4 is 10.6 Å². The first kappa shape index (κ1) is 17.6. The molecular formula is C13H17BrN2O4S. The first-order chi connectivity index (χ1) is 9.85. The minimum absolute atomic E-state index is 0.249. The number of rotatable bonds is 6. The predicted octanol–water partition coefficient (Wildman–Crippen LogP) is 1.70. The Balaban J connectivity index is 2.51. The molecule has 1 aromatic heterocycles. The minimum atomic E-state index is -0.757. The monoisotopic (exact) mass is 376 g/mol. The van der Waals surface area contributed by atoms with Crippen molar-refractivity contribution < 1.29 is 19.1 Å². The molecular weight excluding hydrogens is 360 g/mol. The first-order valence-corrected chi connectivity index (χ1v) is 7.99. The zero-order valence-corrected chi connectivity index (χ0v) is 14.3. The Kier molecular flexibility index (Phi) is 6.83. The number of ether oxygens (including phenoxy) is 1. The lowest BCUT2D eigenvalue weighted by Gasteiger charge is -2.17. The van der Waals surface area contributed by atoms with Crippen LogP contribution in [0.25, 0.3) is 0 Å². The second kappa shape index (κ2) is 8.14. The number of halogens is 1. The molecule has 0 aliphatic rings. The number of nitrogens with one attached hydrogen (secondary N) is 2. The summed E-state index contributed by atoms with van der Waals surface area (Å²) in [5.41, 5.74) is 0. The zero-order chi connectivity index (χ0) is 16.0. The highest BCUT2D eigenvalue weighted by Crippen LogP contribution is 2.21. The molecule has 0 fully saturated rings. The van der Waals surface area contributed by atoms with E-state index in [9.17, 15) is 14.4 Å². The van der Waals surface area contributed by atoms with E-state index in [1.807, 2.05) is 0 Å². The largest absolute Gasteiger partial charge is 0.464 e. The van der Waals surface area contributed by atoms with Gasteiger partial charge >= 0.3 is 5.97 Å². The Morgan fingerprint density at radius 2 is 1.90 bits per heavy atom. The summed E-state index contributed by atoms with van der Waals surface area (Å²) in [4.78, 5) is 35.7. The topological polar surface area (TPSA) is 84.5 Å². The van der Waals surface area contributed by atoms with Crippen LogP contribution in [-0.4, -0.2) is 36.5 Å². The highest BCUT2D eigenvalue weighted by atomic mass is 79.9. The van der Waals surface area contributed by atoms with E-state index in [4.69, 9.17) is 4.74 Å². The average Bonchev–Trinajstić information content (AvgIpc) is 2.85. The second-order valence-corrected chi connectivity index (χ2v) is 6.74. The molecule has 2 amide bonds. The summed E-state index contributed by atoms with van der Waals surface area (Å²) in [6, 6.07) is 1.91. The number of hydrogen-bond donors (Lipinski definition) is 2. The summed E-state index contributed by atoms with van der Waals surface area (Å²) in [6.45, 7) is 5.02. The van der Waals surface area contributed by atoms with Gasteiger partial charge in [-0.1, -0.05) is 0 Å². The Morgan fingerprint density at radius 1 is 1.24 bits per heavy atom. The molecule has 21 heavy (non-hydrogen) atoms. The van der Waals surface area contributed by atoms with E-state index in [1.165, 1.54) is 18.3 Å². The molecule has 0 saturated carbocycles. The Labute approximate surface area is 135 Å². The minimum Gasteiger partial charge on any atom is -0.464 e. The maximum absolute atomic E-state index is 11.9. The van der Waals surface area contributed by atoms with Crippen LogP contribution in [0.3, 0.4) is 0 Å². The first-order valence-electron chi connectivity index (χ1n) is 6.38. The van der Waals surface area contributed by atoms with E-state index < -0.39 is 24.0 Å². The standard InChI is InChI=1S/C13H17BrN2O4S/c1-4-20-13(19)8(3)16-11(17)7(2)15-12(18)9-5-6-10(14)21-9/h5-8H,4H2,1-3H3,(H,15,18)(H,16,17)/t7-,8+/m0/s1. The number of thiophene rings is 1. The van der Waals surface area contributed by atoms with Crippen LogP contribution in [0.15, 0.2) is 15.9 Å². The molecule has 1 aromatic rings. The number of esters is 1. The van der Waals surface area contributed by atoms with Crippen LogP contribution >= 0.6 is 27.3 Å². The molecule has 1 rings (SSSR count). The van der Waals surface area contributed by atoms with E-state index >= 15 is 0 Å². The van der Waals surface area contributed by atoms with Crippen molar-refractivity contribution in [2.24, 2.45) is 0 Å². The normalized spacial score (nSPS) is 13.1. The van der Waals surface area contributed by atoms with Gasteiger partial charge in [-0.25, -0.2) is 4.79 Å². The summed E-state index contributed by atoms with van der Waals surface area (Å²) < 4.78 is 5.63. The SMILES string of the molecule is CCOC(=O)[C@@H](C)NC(=O)[C@H](C)NC(=O)c1ccc(Br)s1. The molecule has 0 aliphatic carbocycles. The molecule has 8 heteroatoms. The number of amides is 2. The smallest absolute Gasteiger partial charge is 0.328 e. The molecule has 6 nitrogen and oxygen atoms in total. The molecule has 116 valence electrons. The van der Waals surface area contributed by atoms with Gasteiger partial charge in [-0.15, -0.1) is 11.3 Å². The van der Waals surface area contributed by atoms with Crippen molar-refractivity contribution in [1.29, 1.82) is 0 Å². The lowest BCUT2D eigenvalue weighted by Crippen LogP contribution is -2.49. The van der Waals surface area contributed by atoms with Crippen LogP contribution in [0.5, 0.6) is 0 Å². The van der Waals surface area contributed by atoms with E-state index in [-0.39, 0.29) is 12.5 Å². The van der Waals surface area contributed by atoms with Gasteiger partial charge in [-0.2, -0.15) is 0 Å². The fourth-order valence-corrected chi connectivity index (χ4v) is 2.72. The van der Waals surface area contributed by atoms with Crippen molar-refractivity contribution in [3.05, 3.63) is 20.8 Å². The summed E-state index contributed by atoms with van der Waals surface area (Å²) in [6.07, 6.45) is 0. The van der Waals surface area contributed by atoms with Crippen LogP contribution in [0.1, 0.15) is 30.4 Å². The van der Waals surface area contributed by atoms with E-state index in [0.717, 1.165) is 3.79 Å². The average molecular weight is 377 g/mol. The lowest BCUT2D eigenvalue weighted by atomic mass is 10.2. The number of hydrogen-bond acceptors (Lipinski definition) is 5. The number of carbonyl (C=O) groups is 3. The second-order valence-electron chi connectivity index (χ2n) is 4.28. The van der Waals surface area contributed by atoms with E-state index in [1.54, 1.807) is 26.0 Å². The highest BCUT2D eigenvalue weighted by molar-refractivity contribution is 9.11. The Bertz CT molecular complexity index is 532. The third-order valence-electron chi connectivity index (χ3n) is 2.54. The van der Waals surface area contributed by atoms with Gasteiger partial charge in [-0.05, 0) is 48.8 Å². The number of carbonyl (C=O) groups excluding carboxylic acids is 3. The molecule has 0 bridgehead atoms. The zero-order valence-electron chi connectivity index (χ0n) is 11.9. The van der Waals surface area contributed by atoms with Gasteiger partial charge in [0.25, 0.3) is 5.91 Å². The summed E-state index contributed by atoms with van der Waals surface area (Å²) in [7, 11) is 0. The molecule has 0 aliphatic heterocycles. The van der Waals surface area contributed by atoms with Gasteiger partial charge in [0.2, 0.25) is 5.91 Å². The van der Waals surface area contributed by atoms with Crippen LogP contribution in [0.2, 0.25) is 0 Å². The van der Waals surface area contributed by atoms with Gasteiger partial charge in [0.1, 0.15) is 12.1 Å². The summed E-state index contributed by atoms with van der Waals surface area (Å²) >= 11 is 4.54. The molecule has 2 atom stereocenters. The quantitative estimate of drug-likeness (QED) is 0.739. The van der Waals surface area contributed by atoms with Crippen LogP contribution in [0, 0.1) is 0 Å². The molecule has 0 radical (unpaired) electrons. The van der Waals surface area contributed by atoms with Gasteiger partial charge in [0.05, 0.1) is 15.3 Å². The van der Waals surface area contributed by atoms with Gasteiger partial charge in [0.15, 0.2) is 0 Å². The van der Waals surface area contributed by atoms with Gasteiger partial charge in [0, 0.05) is 0 Å². The Hall–Kier alpha value is -1.41. The van der Waals surface area contributed by atoms with Gasteiger partial charge in [-0.3, -0.25) is 9.59 Å². The molecule has 0 spiro atoms. The maximum atomic E-state index is 11.9. The van der Waals surface area contributed by atoms with Crippen molar-refractivity contribution in [3.63, 3.8) is 0 Å². The van der Waals surface area contributed by atoms with Crippen molar-refractivity contribution in [1.82, 2.24) is 10.6 Å². The molecule has 1 heterocycles. The van der Waals surface area contributed by atoms with Crippen LogP contribution in [0.4, 0.5) is 0 Å². The maximum Gasteiger partial charge on any atom is 0.328 e. The predicted molar refractivity (Wildman–Crippen MR) is 83.2 cm³/mol. The van der Waals surface area contributed by atoms with Crippen LogP contribution in [-0.2, 0) is 14.3 Å². The summed E-state index contributed by atoms with van der Waals surface area (Å²) in [5.74, 6) is -1.29. The third-order valence-corrected chi connectivity index (χ3v) is 4.16. The fourth-order valence-electron chi connectivity index (χ4n) is 1.43. The molecule has 0 aromatic carbocycles. The van der Waals surface area contributed by atoms with Crippen molar-refractivity contribution in [2.45, 2.75) is 32.9 Å². The van der Waals surface area contributed by atoms with Crippen molar-refractivity contribution >= 4 is 45.1 Å². The summed E-state index contributed by atoms with van der Waals surface area (Å²) in [5, 5.41) is 5.06. The fraction of sp³-hybridized carbons (Fsp3) is 0.462. The molecule has 0 unspecified atom stereocenters. The van der Waals surface area contributed by atoms with Crippen molar-refractivity contribution in [3.8, 4) is 0 Å². The van der Waals surface area contributed by atoms with Crippen molar-refractivity contribution in [2.75, 3.05) is 6.61 Å². The van der Waals surface area contributed by atoms with E-state index in [2.05, 4.69) is 26.6 Å². The van der Waals surface area contributed by atoms with Gasteiger partial charge < -0.3 is 15.4 Å². The molecule has 2 N–H and O–H groups in total. The third kappa shape index (κ3) is 5.47. The molecule has 0 saturated heterocycles.